The van der Waals surface area contributed by atoms with Crippen LogP contribution in [-0.2, 0) is 4.74 Å². The van der Waals surface area contributed by atoms with Gasteiger partial charge >= 0.3 is 0 Å². The molecule has 0 aliphatic rings. The summed E-state index contributed by atoms with van der Waals surface area (Å²) in [5.74, 6) is 0.673. The molecule has 0 amide bonds. The molecular formula is C15H30N2O. The lowest BCUT2D eigenvalue weighted by Crippen LogP contribution is -2.45. The molecule has 0 radical (unpaired) electrons. The highest BCUT2D eigenvalue weighted by atomic mass is 16.5. The Morgan fingerprint density at radius 1 is 1.22 bits per heavy atom. The average Bonchev–Trinajstić information content (AvgIpc) is 2.22. The first kappa shape index (κ1) is 17.4. The predicted octanol–water partition coefficient (Wildman–Crippen LogP) is 3.50. The summed E-state index contributed by atoms with van der Waals surface area (Å²) in [4.78, 5) is 0. The van der Waals surface area contributed by atoms with Crippen molar-refractivity contribution >= 4 is 0 Å². The van der Waals surface area contributed by atoms with Gasteiger partial charge in [-0.3, -0.25) is 5.32 Å². The van der Waals surface area contributed by atoms with Crippen LogP contribution in [0.3, 0.4) is 0 Å². The molecule has 3 nitrogen and oxygen atoms in total. The van der Waals surface area contributed by atoms with E-state index in [9.17, 15) is 5.26 Å². The minimum absolute atomic E-state index is 0.316. The molecule has 0 saturated heterocycles. The fourth-order valence-electron chi connectivity index (χ4n) is 2.24. The lowest BCUT2D eigenvalue weighted by molar-refractivity contribution is 0.0474. The molecule has 18 heavy (non-hydrogen) atoms. The highest BCUT2D eigenvalue weighted by Gasteiger charge is 2.23. The fourth-order valence-corrected chi connectivity index (χ4v) is 2.24. The minimum atomic E-state index is -0.432. The Balaban J connectivity index is 3.85. The molecule has 0 heterocycles. The summed E-state index contributed by atoms with van der Waals surface area (Å²) in [6.45, 7) is 13.4. The Labute approximate surface area is 113 Å². The summed E-state index contributed by atoms with van der Waals surface area (Å²) in [5.41, 5.74) is -0.432. The van der Waals surface area contributed by atoms with E-state index < -0.39 is 5.54 Å². The van der Waals surface area contributed by atoms with Crippen molar-refractivity contribution in [1.82, 2.24) is 5.32 Å². The maximum atomic E-state index is 9.21. The molecule has 2 atom stereocenters. The van der Waals surface area contributed by atoms with E-state index in [1.54, 1.807) is 0 Å². The van der Waals surface area contributed by atoms with Crippen molar-refractivity contribution in [1.29, 1.82) is 5.26 Å². The summed E-state index contributed by atoms with van der Waals surface area (Å²) < 4.78 is 5.76. The SMILES string of the molecule is CC(C)CC(C)OCCCC(C)(C#N)NC(C)C. The van der Waals surface area contributed by atoms with Crippen LogP contribution in [0.15, 0.2) is 0 Å². The second kappa shape index (κ2) is 8.50. The van der Waals surface area contributed by atoms with E-state index in [-0.39, 0.29) is 0 Å². The van der Waals surface area contributed by atoms with Crippen molar-refractivity contribution in [2.24, 2.45) is 5.92 Å². The maximum Gasteiger partial charge on any atom is 0.104 e. The predicted molar refractivity (Wildman–Crippen MR) is 76.4 cm³/mol. The van der Waals surface area contributed by atoms with Crippen LogP contribution in [0.5, 0.6) is 0 Å². The Morgan fingerprint density at radius 3 is 2.28 bits per heavy atom. The third kappa shape index (κ3) is 8.49. The van der Waals surface area contributed by atoms with Crippen LogP contribution in [0, 0.1) is 17.2 Å². The zero-order valence-electron chi connectivity index (χ0n) is 12.9. The third-order valence-electron chi connectivity index (χ3n) is 2.88. The second-order valence-corrected chi connectivity index (χ2v) is 6.16. The summed E-state index contributed by atoms with van der Waals surface area (Å²) in [6, 6.07) is 2.69. The molecule has 0 aliphatic heterocycles. The van der Waals surface area contributed by atoms with E-state index in [1.165, 1.54) is 0 Å². The van der Waals surface area contributed by atoms with Gasteiger partial charge in [-0.15, -0.1) is 0 Å². The van der Waals surface area contributed by atoms with Crippen molar-refractivity contribution in [3.05, 3.63) is 0 Å². The number of nitrogens with zero attached hydrogens (tertiary/aromatic N) is 1. The molecule has 0 rings (SSSR count). The van der Waals surface area contributed by atoms with Gasteiger partial charge in [0.1, 0.15) is 5.54 Å². The van der Waals surface area contributed by atoms with Gasteiger partial charge in [-0.1, -0.05) is 13.8 Å². The van der Waals surface area contributed by atoms with Crippen molar-refractivity contribution in [3.63, 3.8) is 0 Å². The van der Waals surface area contributed by atoms with E-state index in [0.29, 0.717) is 18.1 Å². The lowest BCUT2D eigenvalue weighted by Gasteiger charge is -2.26. The standard InChI is InChI=1S/C15H30N2O/c1-12(2)10-14(5)18-9-7-8-15(6,11-16)17-13(3)4/h12-14,17H,7-10H2,1-6H3. The molecule has 0 saturated carbocycles. The molecule has 0 fully saturated rings. The van der Waals surface area contributed by atoms with Gasteiger partial charge in [0, 0.05) is 12.6 Å². The second-order valence-electron chi connectivity index (χ2n) is 6.16. The number of rotatable bonds is 9. The smallest absolute Gasteiger partial charge is 0.104 e. The average molecular weight is 254 g/mol. The molecule has 0 aromatic heterocycles. The van der Waals surface area contributed by atoms with Crippen LogP contribution in [0.1, 0.15) is 60.8 Å². The van der Waals surface area contributed by atoms with Crippen molar-refractivity contribution < 1.29 is 4.74 Å². The monoisotopic (exact) mass is 254 g/mol. The van der Waals surface area contributed by atoms with Crippen LogP contribution in [0.4, 0.5) is 0 Å². The molecule has 0 aromatic carbocycles. The van der Waals surface area contributed by atoms with Gasteiger partial charge in [0.05, 0.1) is 12.2 Å². The molecule has 0 aromatic rings. The Kier molecular flexibility index (Phi) is 8.22. The lowest BCUT2D eigenvalue weighted by atomic mass is 9.97. The van der Waals surface area contributed by atoms with Crippen LogP contribution in [0.2, 0.25) is 0 Å². The molecule has 2 unspecified atom stereocenters. The topological polar surface area (TPSA) is 45.0 Å². The van der Waals surface area contributed by atoms with Crippen LogP contribution >= 0.6 is 0 Å². The summed E-state index contributed by atoms with van der Waals surface area (Å²) in [5, 5.41) is 12.5. The van der Waals surface area contributed by atoms with Gasteiger partial charge in [-0.05, 0) is 52.9 Å². The van der Waals surface area contributed by atoms with Crippen LogP contribution in [-0.4, -0.2) is 24.3 Å². The molecule has 0 aliphatic carbocycles. The first-order valence-electron chi connectivity index (χ1n) is 7.09. The van der Waals surface area contributed by atoms with Gasteiger partial charge < -0.3 is 4.74 Å². The maximum absolute atomic E-state index is 9.21. The van der Waals surface area contributed by atoms with E-state index in [2.05, 4.69) is 46.0 Å². The molecule has 0 bridgehead atoms. The molecule has 3 heteroatoms. The fraction of sp³-hybridized carbons (Fsp3) is 0.933. The number of ether oxygens (including phenoxy) is 1. The Bertz CT molecular complexity index is 258. The summed E-state index contributed by atoms with van der Waals surface area (Å²) in [6.07, 6.45) is 3.17. The van der Waals surface area contributed by atoms with Gasteiger partial charge in [0.25, 0.3) is 0 Å². The number of hydrogen-bond acceptors (Lipinski definition) is 3. The van der Waals surface area contributed by atoms with E-state index in [0.717, 1.165) is 25.9 Å². The zero-order chi connectivity index (χ0) is 14.2. The molecular weight excluding hydrogens is 224 g/mol. The van der Waals surface area contributed by atoms with E-state index >= 15 is 0 Å². The number of hydrogen-bond donors (Lipinski definition) is 1. The van der Waals surface area contributed by atoms with Crippen molar-refractivity contribution in [2.75, 3.05) is 6.61 Å². The van der Waals surface area contributed by atoms with E-state index in [1.807, 2.05) is 6.92 Å². The van der Waals surface area contributed by atoms with Gasteiger partial charge in [-0.2, -0.15) is 5.26 Å². The normalized spacial score (nSPS) is 16.6. The van der Waals surface area contributed by atoms with Gasteiger partial charge in [-0.25, -0.2) is 0 Å². The largest absolute Gasteiger partial charge is 0.378 e. The highest BCUT2D eigenvalue weighted by Crippen LogP contribution is 2.14. The van der Waals surface area contributed by atoms with Crippen LogP contribution < -0.4 is 5.32 Å². The van der Waals surface area contributed by atoms with Crippen LogP contribution in [0.25, 0.3) is 0 Å². The quantitative estimate of drug-likeness (QED) is 0.641. The Hall–Kier alpha value is -0.590. The third-order valence-corrected chi connectivity index (χ3v) is 2.88. The molecule has 1 N–H and O–H groups in total. The highest BCUT2D eigenvalue weighted by molar-refractivity contribution is 5.04. The van der Waals surface area contributed by atoms with Crippen molar-refractivity contribution in [2.45, 2.75) is 78.5 Å². The van der Waals surface area contributed by atoms with E-state index in [4.69, 9.17) is 4.74 Å². The first-order chi connectivity index (χ1) is 8.29. The van der Waals surface area contributed by atoms with Gasteiger partial charge in [0.15, 0.2) is 0 Å². The first-order valence-corrected chi connectivity index (χ1v) is 7.09. The minimum Gasteiger partial charge on any atom is -0.378 e. The number of nitriles is 1. The number of nitrogens with one attached hydrogen (secondary N) is 1. The van der Waals surface area contributed by atoms with Gasteiger partial charge in [0.2, 0.25) is 0 Å². The molecule has 0 spiro atoms. The summed E-state index contributed by atoms with van der Waals surface area (Å²) >= 11 is 0. The Morgan fingerprint density at radius 2 is 1.83 bits per heavy atom. The van der Waals surface area contributed by atoms with Crippen molar-refractivity contribution in [3.8, 4) is 6.07 Å². The zero-order valence-corrected chi connectivity index (χ0v) is 12.9. The summed E-state index contributed by atoms with van der Waals surface area (Å²) in [7, 11) is 0. The molecule has 106 valence electrons.